The summed E-state index contributed by atoms with van der Waals surface area (Å²) in [5, 5.41) is 0. The third kappa shape index (κ3) is 4.44. The van der Waals surface area contributed by atoms with Gasteiger partial charge in [-0.25, -0.2) is 0 Å². The maximum Gasteiger partial charge on any atom is 0.307 e. The van der Waals surface area contributed by atoms with Crippen LogP contribution in [0.2, 0.25) is 0 Å². The van der Waals surface area contributed by atoms with Gasteiger partial charge in [-0.3, -0.25) is 4.79 Å². The average Bonchev–Trinajstić information content (AvgIpc) is 2.36. The molecule has 0 heterocycles. The highest BCUT2D eigenvalue weighted by atomic mass is 16.5. The summed E-state index contributed by atoms with van der Waals surface area (Å²) in [6.45, 7) is 2.72. The molecule has 94 valence electrons. The molecule has 0 aromatic heterocycles. The van der Waals surface area contributed by atoms with E-state index in [1.54, 1.807) is 0 Å². The molecule has 0 aliphatic rings. The first-order chi connectivity index (χ1) is 8.17. The van der Waals surface area contributed by atoms with Crippen molar-refractivity contribution in [3.63, 3.8) is 0 Å². The normalized spacial score (nSPS) is 11.9. The summed E-state index contributed by atoms with van der Waals surface area (Å²) in [4.78, 5) is 11.1. The standard InChI is InChI=1S/C13H19NO3/c1-3-7-17-11-6-4-5-10(8-11)12(14)9-13(15)16-2/h4-6,8,12H,3,7,9,14H2,1-2H3. The van der Waals surface area contributed by atoms with Crippen molar-refractivity contribution >= 4 is 5.97 Å². The fourth-order valence-corrected chi connectivity index (χ4v) is 1.44. The van der Waals surface area contributed by atoms with Crippen LogP contribution in [0.5, 0.6) is 5.75 Å². The largest absolute Gasteiger partial charge is 0.494 e. The van der Waals surface area contributed by atoms with Gasteiger partial charge in [0.25, 0.3) is 0 Å². The molecule has 0 radical (unpaired) electrons. The van der Waals surface area contributed by atoms with Crippen molar-refractivity contribution in [1.82, 2.24) is 0 Å². The van der Waals surface area contributed by atoms with E-state index >= 15 is 0 Å². The number of carbonyl (C=O) groups is 1. The van der Waals surface area contributed by atoms with E-state index in [1.165, 1.54) is 7.11 Å². The fourth-order valence-electron chi connectivity index (χ4n) is 1.44. The Morgan fingerprint density at radius 1 is 1.47 bits per heavy atom. The van der Waals surface area contributed by atoms with Crippen molar-refractivity contribution in [2.75, 3.05) is 13.7 Å². The van der Waals surface area contributed by atoms with E-state index in [0.717, 1.165) is 17.7 Å². The Morgan fingerprint density at radius 3 is 2.88 bits per heavy atom. The summed E-state index contributed by atoms with van der Waals surface area (Å²) in [5.74, 6) is 0.474. The highest BCUT2D eigenvalue weighted by Crippen LogP contribution is 2.20. The molecule has 0 saturated heterocycles. The van der Waals surface area contributed by atoms with E-state index in [2.05, 4.69) is 4.74 Å². The molecule has 4 heteroatoms. The molecular formula is C13H19NO3. The molecule has 1 aromatic carbocycles. The number of ether oxygens (including phenoxy) is 2. The fraction of sp³-hybridized carbons (Fsp3) is 0.462. The number of nitrogens with two attached hydrogens (primary N) is 1. The molecule has 1 aromatic rings. The van der Waals surface area contributed by atoms with Gasteiger partial charge in [0.15, 0.2) is 0 Å². The number of hydrogen-bond donors (Lipinski definition) is 1. The van der Waals surface area contributed by atoms with Gasteiger partial charge in [0.2, 0.25) is 0 Å². The van der Waals surface area contributed by atoms with Crippen LogP contribution in [0.4, 0.5) is 0 Å². The van der Waals surface area contributed by atoms with Crippen LogP contribution in [-0.4, -0.2) is 19.7 Å². The first kappa shape index (κ1) is 13.5. The highest BCUT2D eigenvalue weighted by molar-refractivity contribution is 5.70. The quantitative estimate of drug-likeness (QED) is 0.769. The van der Waals surface area contributed by atoms with Gasteiger partial charge in [0, 0.05) is 6.04 Å². The van der Waals surface area contributed by atoms with Crippen LogP contribution >= 0.6 is 0 Å². The average molecular weight is 237 g/mol. The zero-order valence-corrected chi connectivity index (χ0v) is 10.3. The van der Waals surface area contributed by atoms with E-state index in [-0.39, 0.29) is 18.4 Å². The number of hydrogen-bond acceptors (Lipinski definition) is 4. The second-order valence-corrected chi connectivity index (χ2v) is 3.81. The molecule has 0 amide bonds. The van der Waals surface area contributed by atoms with Gasteiger partial charge in [0.05, 0.1) is 20.1 Å². The second kappa shape index (κ2) is 6.91. The molecule has 2 N–H and O–H groups in total. The Morgan fingerprint density at radius 2 is 2.24 bits per heavy atom. The van der Waals surface area contributed by atoms with Crippen molar-refractivity contribution < 1.29 is 14.3 Å². The summed E-state index contributed by atoms with van der Waals surface area (Å²) >= 11 is 0. The molecule has 1 rings (SSSR count). The minimum atomic E-state index is -0.354. The number of esters is 1. The van der Waals surface area contributed by atoms with E-state index in [1.807, 2.05) is 31.2 Å². The Balaban J connectivity index is 2.66. The predicted octanol–water partition coefficient (Wildman–Crippen LogP) is 2.04. The lowest BCUT2D eigenvalue weighted by Crippen LogP contribution is -2.16. The molecular weight excluding hydrogens is 218 g/mol. The maximum atomic E-state index is 11.1. The minimum Gasteiger partial charge on any atom is -0.494 e. The summed E-state index contributed by atoms with van der Waals surface area (Å²) in [6, 6.07) is 7.14. The van der Waals surface area contributed by atoms with Crippen LogP contribution in [0, 0.1) is 0 Å². The van der Waals surface area contributed by atoms with Gasteiger partial charge in [-0.2, -0.15) is 0 Å². The van der Waals surface area contributed by atoms with Gasteiger partial charge in [-0.1, -0.05) is 19.1 Å². The van der Waals surface area contributed by atoms with Gasteiger partial charge < -0.3 is 15.2 Å². The summed E-state index contributed by atoms with van der Waals surface area (Å²) in [5.41, 5.74) is 6.79. The van der Waals surface area contributed by atoms with Crippen molar-refractivity contribution in [3.05, 3.63) is 29.8 Å². The van der Waals surface area contributed by atoms with E-state index in [0.29, 0.717) is 6.61 Å². The predicted molar refractivity (Wildman–Crippen MR) is 65.8 cm³/mol. The van der Waals surface area contributed by atoms with Crippen LogP contribution < -0.4 is 10.5 Å². The van der Waals surface area contributed by atoms with Crippen LogP contribution in [0.15, 0.2) is 24.3 Å². The van der Waals surface area contributed by atoms with E-state index < -0.39 is 0 Å². The first-order valence-corrected chi connectivity index (χ1v) is 5.72. The number of rotatable bonds is 6. The molecule has 1 unspecified atom stereocenters. The molecule has 4 nitrogen and oxygen atoms in total. The minimum absolute atomic E-state index is 0.174. The lowest BCUT2D eigenvalue weighted by molar-refractivity contribution is -0.141. The molecule has 1 atom stereocenters. The van der Waals surface area contributed by atoms with Gasteiger partial charge >= 0.3 is 5.97 Å². The van der Waals surface area contributed by atoms with Crippen LogP contribution in [0.1, 0.15) is 31.4 Å². The third-order valence-electron chi connectivity index (χ3n) is 2.37. The molecule has 17 heavy (non-hydrogen) atoms. The Bertz CT molecular complexity index is 365. The van der Waals surface area contributed by atoms with Gasteiger partial charge in [-0.05, 0) is 24.1 Å². The summed E-state index contributed by atoms with van der Waals surface area (Å²) < 4.78 is 10.1. The topological polar surface area (TPSA) is 61.5 Å². The zero-order chi connectivity index (χ0) is 12.7. The lowest BCUT2D eigenvalue weighted by Gasteiger charge is -2.12. The maximum absolute atomic E-state index is 11.1. The lowest BCUT2D eigenvalue weighted by atomic mass is 10.0. The third-order valence-corrected chi connectivity index (χ3v) is 2.37. The zero-order valence-electron chi connectivity index (χ0n) is 10.3. The van der Waals surface area contributed by atoms with Crippen LogP contribution in [-0.2, 0) is 9.53 Å². The van der Waals surface area contributed by atoms with Gasteiger partial charge in [-0.15, -0.1) is 0 Å². The highest BCUT2D eigenvalue weighted by Gasteiger charge is 2.12. The molecule has 0 fully saturated rings. The number of benzene rings is 1. The smallest absolute Gasteiger partial charge is 0.307 e. The number of methoxy groups -OCH3 is 1. The van der Waals surface area contributed by atoms with Crippen LogP contribution in [0.3, 0.4) is 0 Å². The summed E-state index contributed by atoms with van der Waals surface area (Å²) in [6.07, 6.45) is 1.13. The summed E-state index contributed by atoms with van der Waals surface area (Å²) in [7, 11) is 1.36. The molecule has 0 bridgehead atoms. The van der Waals surface area contributed by atoms with Crippen LogP contribution in [0.25, 0.3) is 0 Å². The van der Waals surface area contributed by atoms with E-state index in [9.17, 15) is 4.79 Å². The van der Waals surface area contributed by atoms with Gasteiger partial charge in [0.1, 0.15) is 5.75 Å². The number of carbonyl (C=O) groups excluding carboxylic acids is 1. The van der Waals surface area contributed by atoms with Crippen molar-refractivity contribution in [2.24, 2.45) is 5.73 Å². The molecule has 0 aliphatic carbocycles. The molecule has 0 saturated carbocycles. The molecule has 0 spiro atoms. The van der Waals surface area contributed by atoms with Crippen molar-refractivity contribution in [1.29, 1.82) is 0 Å². The van der Waals surface area contributed by atoms with Crippen molar-refractivity contribution in [2.45, 2.75) is 25.8 Å². The van der Waals surface area contributed by atoms with E-state index in [4.69, 9.17) is 10.5 Å². The van der Waals surface area contributed by atoms with Crippen molar-refractivity contribution in [3.8, 4) is 5.75 Å². The SMILES string of the molecule is CCCOc1cccc(C(N)CC(=O)OC)c1. The monoisotopic (exact) mass is 237 g/mol. The Hall–Kier alpha value is -1.55. The molecule has 0 aliphatic heterocycles. The first-order valence-electron chi connectivity index (χ1n) is 5.72. The second-order valence-electron chi connectivity index (χ2n) is 3.81. The Labute approximate surface area is 102 Å². The Kier molecular flexibility index (Phi) is 5.49.